The lowest BCUT2D eigenvalue weighted by Crippen LogP contribution is -2.34. The lowest BCUT2D eigenvalue weighted by Gasteiger charge is -2.22. The molecule has 0 unspecified atom stereocenters. The molecule has 184 valence electrons. The molecule has 0 saturated carbocycles. The minimum atomic E-state index is -0.465. The average molecular weight is 498 g/mol. The third-order valence-electron chi connectivity index (χ3n) is 5.67. The summed E-state index contributed by atoms with van der Waals surface area (Å²) in [5.41, 5.74) is 1.93. The van der Waals surface area contributed by atoms with Gasteiger partial charge in [0.05, 0.1) is 28.7 Å². The highest BCUT2D eigenvalue weighted by molar-refractivity contribution is 6.30. The van der Waals surface area contributed by atoms with Crippen LogP contribution in [0.1, 0.15) is 37.0 Å². The van der Waals surface area contributed by atoms with E-state index < -0.39 is 5.82 Å². The quantitative estimate of drug-likeness (QED) is 0.377. The Labute approximate surface area is 209 Å². The van der Waals surface area contributed by atoms with E-state index >= 15 is 0 Å². The number of anilines is 3. The van der Waals surface area contributed by atoms with Gasteiger partial charge in [-0.25, -0.2) is 14.4 Å². The summed E-state index contributed by atoms with van der Waals surface area (Å²) in [7, 11) is 0. The van der Waals surface area contributed by atoms with Gasteiger partial charge < -0.3 is 20.9 Å². The molecular formula is C25H29ClFN7O. The lowest BCUT2D eigenvalue weighted by atomic mass is 10.2. The van der Waals surface area contributed by atoms with Gasteiger partial charge in [0, 0.05) is 49.6 Å². The van der Waals surface area contributed by atoms with Crippen LogP contribution in [0.3, 0.4) is 0 Å². The number of rotatable bonds is 9. The van der Waals surface area contributed by atoms with Gasteiger partial charge in [-0.3, -0.25) is 9.78 Å². The van der Waals surface area contributed by atoms with E-state index in [1.165, 1.54) is 24.4 Å². The van der Waals surface area contributed by atoms with Crippen molar-refractivity contribution in [1.82, 2.24) is 25.6 Å². The van der Waals surface area contributed by atoms with E-state index in [9.17, 15) is 9.18 Å². The van der Waals surface area contributed by atoms with Crippen molar-refractivity contribution in [2.24, 2.45) is 0 Å². The minimum Gasteiger partial charge on any atom is -0.367 e. The Morgan fingerprint density at radius 3 is 2.74 bits per heavy atom. The molecule has 4 rings (SSSR count). The molecule has 0 spiro atoms. The fraction of sp³-hybridized carbons (Fsp3) is 0.360. The third-order valence-corrected chi connectivity index (χ3v) is 5.90. The maximum atomic E-state index is 14.5. The summed E-state index contributed by atoms with van der Waals surface area (Å²) >= 11 is 6.09. The lowest BCUT2D eigenvalue weighted by molar-refractivity contribution is 0.0954. The van der Waals surface area contributed by atoms with Crippen molar-refractivity contribution in [3.63, 3.8) is 0 Å². The Morgan fingerprint density at radius 2 is 1.97 bits per heavy atom. The Bertz CT molecular complexity index is 1180. The molecule has 0 bridgehead atoms. The van der Waals surface area contributed by atoms with Crippen LogP contribution in [0.4, 0.5) is 21.6 Å². The fourth-order valence-corrected chi connectivity index (χ4v) is 4.07. The van der Waals surface area contributed by atoms with Gasteiger partial charge in [-0.15, -0.1) is 0 Å². The van der Waals surface area contributed by atoms with Crippen molar-refractivity contribution in [1.29, 1.82) is 0 Å². The molecule has 35 heavy (non-hydrogen) atoms. The van der Waals surface area contributed by atoms with Crippen LogP contribution in [0.25, 0.3) is 11.4 Å². The number of nitrogens with zero attached hydrogens (tertiary/aromatic N) is 4. The van der Waals surface area contributed by atoms with Gasteiger partial charge in [0.2, 0.25) is 0 Å². The molecule has 0 radical (unpaired) electrons. The molecule has 0 atom stereocenters. The first kappa shape index (κ1) is 24.8. The van der Waals surface area contributed by atoms with Crippen LogP contribution in [0.5, 0.6) is 0 Å². The number of carbonyl (C=O) groups excluding carboxylic acids is 1. The highest BCUT2D eigenvalue weighted by atomic mass is 35.5. The second-order valence-electron chi connectivity index (χ2n) is 8.66. The molecule has 8 nitrogen and oxygen atoms in total. The summed E-state index contributed by atoms with van der Waals surface area (Å²) in [5.74, 6) is -0.0226. The monoisotopic (exact) mass is 497 g/mol. The average Bonchev–Trinajstić information content (AvgIpc) is 3.38. The summed E-state index contributed by atoms with van der Waals surface area (Å²) in [5, 5.41) is 9.86. The number of nitrogens with one attached hydrogen (secondary N) is 3. The van der Waals surface area contributed by atoms with E-state index in [4.69, 9.17) is 11.6 Å². The maximum Gasteiger partial charge on any atom is 0.255 e. The van der Waals surface area contributed by atoms with E-state index in [1.807, 2.05) is 13.8 Å². The van der Waals surface area contributed by atoms with Crippen molar-refractivity contribution in [2.75, 3.05) is 36.4 Å². The first-order valence-corrected chi connectivity index (χ1v) is 12.1. The number of aromatic nitrogens is 3. The SMILES string of the molecule is CC(C)NCCNC(=O)c1cnccc1Nc1nc(-c2cc(Cl)ccc2F)ncc1N1CCCC1. The summed E-state index contributed by atoms with van der Waals surface area (Å²) in [6, 6.07) is 6.33. The van der Waals surface area contributed by atoms with Gasteiger partial charge in [0.15, 0.2) is 11.6 Å². The number of halogens is 2. The predicted octanol–water partition coefficient (Wildman–Crippen LogP) is 4.40. The number of carbonyl (C=O) groups is 1. The Balaban J connectivity index is 1.65. The van der Waals surface area contributed by atoms with Crippen molar-refractivity contribution in [2.45, 2.75) is 32.7 Å². The normalized spacial score (nSPS) is 13.3. The number of benzene rings is 1. The second-order valence-corrected chi connectivity index (χ2v) is 9.09. The van der Waals surface area contributed by atoms with Gasteiger partial charge in [0.25, 0.3) is 5.91 Å². The highest BCUT2D eigenvalue weighted by Crippen LogP contribution is 2.33. The zero-order valence-corrected chi connectivity index (χ0v) is 20.6. The Hall–Kier alpha value is -3.30. The molecule has 1 aliphatic heterocycles. The van der Waals surface area contributed by atoms with E-state index in [-0.39, 0.29) is 17.3 Å². The van der Waals surface area contributed by atoms with Gasteiger partial charge in [-0.1, -0.05) is 25.4 Å². The molecular weight excluding hydrogens is 469 g/mol. The van der Waals surface area contributed by atoms with Gasteiger partial charge in [0.1, 0.15) is 5.82 Å². The Morgan fingerprint density at radius 1 is 1.17 bits per heavy atom. The predicted molar refractivity (Wildman–Crippen MR) is 137 cm³/mol. The number of amides is 1. The van der Waals surface area contributed by atoms with Crippen LogP contribution in [-0.4, -0.2) is 53.1 Å². The molecule has 2 aromatic heterocycles. The topological polar surface area (TPSA) is 95.1 Å². The van der Waals surface area contributed by atoms with Crippen LogP contribution in [-0.2, 0) is 0 Å². The van der Waals surface area contributed by atoms with Gasteiger partial charge in [-0.05, 0) is 37.1 Å². The third kappa shape index (κ3) is 6.23. The van der Waals surface area contributed by atoms with E-state index in [1.54, 1.807) is 18.5 Å². The van der Waals surface area contributed by atoms with E-state index in [2.05, 4.69) is 35.8 Å². The molecule has 10 heteroatoms. The van der Waals surface area contributed by atoms with Crippen molar-refractivity contribution >= 4 is 34.7 Å². The van der Waals surface area contributed by atoms with E-state index in [0.717, 1.165) is 31.6 Å². The highest BCUT2D eigenvalue weighted by Gasteiger charge is 2.21. The summed E-state index contributed by atoms with van der Waals surface area (Å²) < 4.78 is 14.5. The molecule has 1 saturated heterocycles. The molecule has 1 fully saturated rings. The molecule has 1 amide bonds. The first-order chi connectivity index (χ1) is 16.9. The van der Waals surface area contributed by atoms with Crippen LogP contribution in [0, 0.1) is 5.82 Å². The fourth-order valence-electron chi connectivity index (χ4n) is 3.90. The van der Waals surface area contributed by atoms with Gasteiger partial charge in [-0.2, -0.15) is 0 Å². The van der Waals surface area contributed by atoms with Crippen LogP contribution in [0.2, 0.25) is 5.02 Å². The zero-order chi connectivity index (χ0) is 24.8. The zero-order valence-electron chi connectivity index (χ0n) is 19.8. The van der Waals surface area contributed by atoms with Crippen molar-refractivity contribution in [3.05, 3.63) is 59.3 Å². The van der Waals surface area contributed by atoms with Crippen LogP contribution < -0.4 is 20.9 Å². The number of hydrogen-bond acceptors (Lipinski definition) is 7. The van der Waals surface area contributed by atoms with Crippen LogP contribution in [0.15, 0.2) is 42.9 Å². The summed E-state index contributed by atoms with van der Waals surface area (Å²) in [4.78, 5) is 28.3. The maximum absolute atomic E-state index is 14.5. The van der Waals surface area contributed by atoms with Crippen LogP contribution >= 0.6 is 11.6 Å². The molecule has 1 aliphatic rings. The smallest absolute Gasteiger partial charge is 0.255 e. The number of pyridine rings is 1. The van der Waals surface area contributed by atoms with Crippen molar-refractivity contribution < 1.29 is 9.18 Å². The van der Waals surface area contributed by atoms with Gasteiger partial charge >= 0.3 is 0 Å². The molecule has 1 aromatic carbocycles. The summed E-state index contributed by atoms with van der Waals surface area (Å²) in [6.07, 6.45) is 6.94. The van der Waals surface area contributed by atoms with E-state index in [0.29, 0.717) is 41.2 Å². The number of hydrogen-bond donors (Lipinski definition) is 3. The largest absolute Gasteiger partial charge is 0.367 e. The Kier molecular flexibility index (Phi) is 8.09. The first-order valence-electron chi connectivity index (χ1n) is 11.7. The molecule has 3 heterocycles. The molecule has 3 aromatic rings. The molecule has 0 aliphatic carbocycles. The standard InChI is InChI=1S/C25H29ClFN7O/c1-16(2)29-9-10-30-25(35)19-14-28-8-7-21(19)32-24-22(34-11-3-4-12-34)15-31-23(33-24)18-13-17(26)5-6-20(18)27/h5-8,13-16,29H,3-4,9-12H2,1-2H3,(H,30,35)(H,28,31,32,33). The second kappa shape index (κ2) is 11.4. The van der Waals surface area contributed by atoms with Crippen molar-refractivity contribution in [3.8, 4) is 11.4 Å². The minimum absolute atomic E-state index is 0.204. The summed E-state index contributed by atoms with van der Waals surface area (Å²) in [6.45, 7) is 6.98. The molecule has 3 N–H and O–H groups in total.